The highest BCUT2D eigenvalue weighted by Crippen LogP contribution is 2.25. The van der Waals surface area contributed by atoms with Crippen molar-refractivity contribution in [1.82, 2.24) is 4.98 Å². The first-order valence-electron chi connectivity index (χ1n) is 8.11. The second kappa shape index (κ2) is 6.73. The summed E-state index contributed by atoms with van der Waals surface area (Å²) in [6, 6.07) is 19.9. The monoisotopic (exact) mass is 357 g/mol. The lowest BCUT2D eigenvalue weighted by Gasteiger charge is -2.07. The summed E-state index contributed by atoms with van der Waals surface area (Å²) < 4.78 is 19.7. The van der Waals surface area contributed by atoms with Crippen molar-refractivity contribution in [2.45, 2.75) is 0 Å². The maximum Gasteiger partial charge on any atom is 0.258 e. The SMILES string of the molecule is N#Cc1ccc(C(=O)Nc2ccc(-c3nc4ccccc4o3)cc2)c(F)c1. The second-order valence-corrected chi connectivity index (χ2v) is 5.82. The summed E-state index contributed by atoms with van der Waals surface area (Å²) in [5.74, 6) is -0.853. The van der Waals surface area contributed by atoms with E-state index >= 15 is 0 Å². The number of rotatable bonds is 3. The Morgan fingerprint density at radius 2 is 1.85 bits per heavy atom. The fourth-order valence-electron chi connectivity index (χ4n) is 2.66. The summed E-state index contributed by atoms with van der Waals surface area (Å²) in [5.41, 5.74) is 2.75. The fraction of sp³-hybridized carbons (Fsp3) is 0. The summed E-state index contributed by atoms with van der Waals surface area (Å²) >= 11 is 0. The van der Waals surface area contributed by atoms with Gasteiger partial charge >= 0.3 is 0 Å². The van der Waals surface area contributed by atoms with Crippen LogP contribution < -0.4 is 5.32 Å². The molecule has 0 fully saturated rings. The van der Waals surface area contributed by atoms with Gasteiger partial charge in [0.2, 0.25) is 5.89 Å². The lowest BCUT2D eigenvalue weighted by molar-refractivity contribution is 0.102. The van der Waals surface area contributed by atoms with Crippen molar-refractivity contribution in [1.29, 1.82) is 5.26 Å². The molecule has 0 aliphatic heterocycles. The van der Waals surface area contributed by atoms with Crippen molar-refractivity contribution < 1.29 is 13.6 Å². The molecule has 5 nitrogen and oxygen atoms in total. The highest BCUT2D eigenvalue weighted by molar-refractivity contribution is 6.04. The molecule has 130 valence electrons. The van der Waals surface area contributed by atoms with Gasteiger partial charge in [0, 0.05) is 11.3 Å². The minimum Gasteiger partial charge on any atom is -0.436 e. The molecule has 1 heterocycles. The lowest BCUT2D eigenvalue weighted by Crippen LogP contribution is -2.13. The third kappa shape index (κ3) is 3.26. The summed E-state index contributed by atoms with van der Waals surface area (Å²) in [6.45, 7) is 0. The maximum absolute atomic E-state index is 13.9. The number of carbonyl (C=O) groups excluding carboxylic acids is 1. The standard InChI is InChI=1S/C21H12FN3O2/c22-17-11-13(12-23)5-10-16(17)20(26)24-15-8-6-14(7-9-15)21-25-18-3-1-2-4-19(18)27-21/h1-11H,(H,24,26). The first kappa shape index (κ1) is 16.5. The van der Waals surface area contributed by atoms with E-state index in [0.717, 1.165) is 17.1 Å². The van der Waals surface area contributed by atoms with E-state index in [0.29, 0.717) is 17.2 Å². The number of carbonyl (C=O) groups is 1. The molecule has 3 aromatic carbocycles. The van der Waals surface area contributed by atoms with Gasteiger partial charge in [-0.25, -0.2) is 9.37 Å². The number of nitrogens with zero attached hydrogens (tertiary/aromatic N) is 2. The number of benzene rings is 3. The number of nitrogens with one attached hydrogen (secondary N) is 1. The Bertz CT molecular complexity index is 1160. The van der Waals surface area contributed by atoms with E-state index in [-0.39, 0.29) is 11.1 Å². The van der Waals surface area contributed by atoms with E-state index in [4.69, 9.17) is 9.68 Å². The molecule has 0 saturated carbocycles. The molecular weight excluding hydrogens is 345 g/mol. The molecule has 0 radical (unpaired) electrons. The van der Waals surface area contributed by atoms with Crippen molar-refractivity contribution in [3.05, 3.63) is 83.7 Å². The molecule has 6 heteroatoms. The van der Waals surface area contributed by atoms with Crippen LogP contribution in [0.2, 0.25) is 0 Å². The molecule has 0 unspecified atom stereocenters. The molecule has 4 rings (SSSR count). The van der Waals surface area contributed by atoms with Gasteiger partial charge in [0.1, 0.15) is 11.3 Å². The zero-order valence-corrected chi connectivity index (χ0v) is 13.9. The van der Waals surface area contributed by atoms with E-state index in [9.17, 15) is 9.18 Å². The lowest BCUT2D eigenvalue weighted by atomic mass is 10.1. The van der Waals surface area contributed by atoms with Crippen LogP contribution in [-0.4, -0.2) is 10.9 Å². The zero-order valence-electron chi connectivity index (χ0n) is 13.9. The van der Waals surface area contributed by atoms with Crippen LogP contribution in [0.15, 0.2) is 71.1 Å². The van der Waals surface area contributed by atoms with Gasteiger partial charge in [-0.3, -0.25) is 4.79 Å². The van der Waals surface area contributed by atoms with Crippen molar-refractivity contribution in [2.24, 2.45) is 0 Å². The Kier molecular flexibility index (Phi) is 4.11. The molecule has 1 N–H and O–H groups in total. The van der Waals surface area contributed by atoms with Crippen molar-refractivity contribution in [3.63, 3.8) is 0 Å². The Morgan fingerprint density at radius 1 is 1.07 bits per heavy atom. The highest BCUT2D eigenvalue weighted by Gasteiger charge is 2.13. The molecule has 1 aromatic heterocycles. The van der Waals surface area contributed by atoms with Crippen molar-refractivity contribution >= 4 is 22.7 Å². The summed E-state index contributed by atoms with van der Waals surface area (Å²) in [6.07, 6.45) is 0. The van der Waals surface area contributed by atoms with Crippen LogP contribution in [0.5, 0.6) is 0 Å². The molecule has 0 saturated heterocycles. The summed E-state index contributed by atoms with van der Waals surface area (Å²) in [7, 11) is 0. The number of hydrogen-bond donors (Lipinski definition) is 1. The number of hydrogen-bond acceptors (Lipinski definition) is 4. The Hall–Kier alpha value is -3.98. The highest BCUT2D eigenvalue weighted by atomic mass is 19.1. The molecule has 0 spiro atoms. The minimum atomic E-state index is -0.741. The predicted molar refractivity (Wildman–Crippen MR) is 98.5 cm³/mol. The largest absolute Gasteiger partial charge is 0.436 e. The first-order valence-corrected chi connectivity index (χ1v) is 8.11. The number of fused-ring (bicyclic) bond motifs is 1. The Labute approximate surface area is 153 Å². The number of aromatic nitrogens is 1. The number of anilines is 1. The molecule has 1 amide bonds. The predicted octanol–water partition coefficient (Wildman–Crippen LogP) is 4.76. The van der Waals surface area contributed by atoms with Gasteiger partial charge in [-0.1, -0.05) is 12.1 Å². The number of oxazole rings is 1. The first-order chi connectivity index (χ1) is 13.1. The molecular formula is C21H12FN3O2. The van der Waals surface area contributed by atoms with Gasteiger partial charge < -0.3 is 9.73 Å². The second-order valence-electron chi connectivity index (χ2n) is 5.82. The summed E-state index contributed by atoms with van der Waals surface area (Å²) in [5, 5.41) is 11.4. The molecule has 0 atom stereocenters. The van der Waals surface area contributed by atoms with Gasteiger partial charge in [-0.2, -0.15) is 5.26 Å². The average molecular weight is 357 g/mol. The fourth-order valence-corrected chi connectivity index (χ4v) is 2.66. The topological polar surface area (TPSA) is 78.9 Å². The average Bonchev–Trinajstić information content (AvgIpc) is 3.12. The summed E-state index contributed by atoms with van der Waals surface area (Å²) in [4.78, 5) is 16.7. The number of halogens is 1. The molecule has 0 aliphatic rings. The molecule has 0 bridgehead atoms. The van der Waals surface area contributed by atoms with Crippen molar-refractivity contribution in [3.8, 4) is 17.5 Å². The van der Waals surface area contributed by atoms with E-state index in [1.165, 1.54) is 12.1 Å². The van der Waals surface area contributed by atoms with Gasteiger partial charge in [-0.05, 0) is 54.6 Å². The van der Waals surface area contributed by atoms with E-state index in [1.54, 1.807) is 24.3 Å². The van der Waals surface area contributed by atoms with Gasteiger partial charge in [0.15, 0.2) is 5.58 Å². The molecule has 4 aromatic rings. The van der Waals surface area contributed by atoms with Crippen LogP contribution in [0, 0.1) is 17.1 Å². The van der Waals surface area contributed by atoms with E-state index < -0.39 is 11.7 Å². The van der Waals surface area contributed by atoms with Gasteiger partial charge in [0.25, 0.3) is 5.91 Å². The number of amides is 1. The van der Waals surface area contributed by atoms with Crippen LogP contribution in [0.25, 0.3) is 22.6 Å². The van der Waals surface area contributed by atoms with Crippen molar-refractivity contribution in [2.75, 3.05) is 5.32 Å². The van der Waals surface area contributed by atoms with Crippen LogP contribution in [0.1, 0.15) is 15.9 Å². The maximum atomic E-state index is 13.9. The van der Waals surface area contributed by atoms with Crippen LogP contribution >= 0.6 is 0 Å². The molecule has 0 aliphatic carbocycles. The van der Waals surface area contributed by atoms with Crippen LogP contribution in [-0.2, 0) is 0 Å². The van der Waals surface area contributed by atoms with E-state index in [1.807, 2.05) is 30.3 Å². The van der Waals surface area contributed by atoms with Gasteiger partial charge in [-0.15, -0.1) is 0 Å². The normalized spacial score (nSPS) is 10.5. The van der Waals surface area contributed by atoms with E-state index in [2.05, 4.69) is 10.3 Å². The molecule has 27 heavy (non-hydrogen) atoms. The third-order valence-corrected chi connectivity index (χ3v) is 4.03. The number of para-hydroxylation sites is 2. The third-order valence-electron chi connectivity index (χ3n) is 4.03. The van der Waals surface area contributed by atoms with Gasteiger partial charge in [0.05, 0.1) is 17.2 Å². The van der Waals surface area contributed by atoms with Crippen LogP contribution in [0.4, 0.5) is 10.1 Å². The van der Waals surface area contributed by atoms with Crippen LogP contribution in [0.3, 0.4) is 0 Å². The number of nitriles is 1. The minimum absolute atomic E-state index is 0.128. The zero-order chi connectivity index (χ0) is 18.8. The smallest absolute Gasteiger partial charge is 0.258 e. The Balaban J connectivity index is 1.54. The Morgan fingerprint density at radius 3 is 2.56 bits per heavy atom. The quantitative estimate of drug-likeness (QED) is 0.573.